The van der Waals surface area contributed by atoms with Crippen LogP contribution >= 0.6 is 11.6 Å². The van der Waals surface area contributed by atoms with E-state index in [1.54, 1.807) is 4.68 Å². The van der Waals surface area contributed by atoms with E-state index in [1.165, 1.54) is 17.2 Å². The molecule has 0 saturated carbocycles. The lowest BCUT2D eigenvalue weighted by atomic mass is 10.5. The summed E-state index contributed by atoms with van der Waals surface area (Å²) in [7, 11) is 0. The third kappa shape index (κ3) is 2.14. The number of aromatic nitrogens is 5. The summed E-state index contributed by atoms with van der Waals surface area (Å²) in [6.07, 6.45) is 2.78. The summed E-state index contributed by atoms with van der Waals surface area (Å²) in [5.74, 6) is 0.665. The average Bonchev–Trinajstić information content (AvgIpc) is 2.77. The molecule has 0 amide bonds. The Hall–Kier alpha value is -1.89. The van der Waals surface area contributed by atoms with Gasteiger partial charge in [-0.25, -0.2) is 14.6 Å². The summed E-state index contributed by atoms with van der Waals surface area (Å²) in [4.78, 5) is 19.7. The third-order valence-electron chi connectivity index (χ3n) is 2.33. The van der Waals surface area contributed by atoms with Crippen molar-refractivity contribution in [2.24, 2.45) is 0 Å². The van der Waals surface area contributed by atoms with Crippen LogP contribution in [0.25, 0.3) is 0 Å². The maximum Gasteiger partial charge on any atom is 0.278 e. The number of nitrogens with zero attached hydrogens (tertiary/aromatic N) is 5. The van der Waals surface area contributed by atoms with Crippen molar-refractivity contribution in [3.05, 3.63) is 34.0 Å². The van der Waals surface area contributed by atoms with Crippen LogP contribution < -0.4 is 11.3 Å². The fraction of sp³-hybridized carbons (Fsp3) is 0.333. The molecule has 2 aromatic heterocycles. The van der Waals surface area contributed by atoms with Gasteiger partial charge in [0.15, 0.2) is 5.15 Å². The zero-order valence-electron chi connectivity index (χ0n) is 9.17. The quantitative estimate of drug-likeness (QED) is 0.787. The third-order valence-corrected chi connectivity index (χ3v) is 2.63. The van der Waals surface area contributed by atoms with Gasteiger partial charge in [-0.2, -0.15) is 5.10 Å². The first-order valence-corrected chi connectivity index (χ1v) is 5.38. The van der Waals surface area contributed by atoms with Crippen LogP contribution in [0, 0.1) is 0 Å². The van der Waals surface area contributed by atoms with Crippen LogP contribution in [0.4, 0.5) is 5.69 Å². The fourth-order valence-corrected chi connectivity index (χ4v) is 1.55. The number of nitrogens with two attached hydrogens (primary N) is 1. The molecule has 0 aromatic carbocycles. The summed E-state index contributed by atoms with van der Waals surface area (Å²) in [6, 6.07) is 0. The van der Waals surface area contributed by atoms with Gasteiger partial charge in [-0.05, 0) is 6.92 Å². The smallest absolute Gasteiger partial charge is 0.278 e. The van der Waals surface area contributed by atoms with Crippen LogP contribution in [0.1, 0.15) is 12.7 Å². The van der Waals surface area contributed by atoms with Crippen LogP contribution in [0.3, 0.4) is 0 Å². The number of halogens is 1. The van der Waals surface area contributed by atoms with Gasteiger partial charge in [-0.1, -0.05) is 11.6 Å². The predicted octanol–water partition coefficient (Wildman–Crippen LogP) is 0.139. The molecule has 90 valence electrons. The molecule has 0 aliphatic heterocycles. The normalized spacial score (nSPS) is 10.7. The van der Waals surface area contributed by atoms with Gasteiger partial charge >= 0.3 is 0 Å². The van der Waals surface area contributed by atoms with E-state index in [2.05, 4.69) is 15.1 Å². The number of aryl methyl sites for hydroxylation is 1. The first-order valence-electron chi connectivity index (χ1n) is 5.00. The molecular weight excluding hydrogens is 244 g/mol. The van der Waals surface area contributed by atoms with Crippen molar-refractivity contribution in [2.45, 2.75) is 20.0 Å². The molecular formula is C9H11ClN6O. The summed E-state index contributed by atoms with van der Waals surface area (Å²) in [5, 5.41) is 4.03. The Bertz CT molecular complexity index is 589. The highest BCUT2D eigenvalue weighted by atomic mass is 35.5. The van der Waals surface area contributed by atoms with Gasteiger partial charge in [0, 0.05) is 6.54 Å². The summed E-state index contributed by atoms with van der Waals surface area (Å²) in [5.41, 5.74) is 5.07. The minimum absolute atomic E-state index is 0.0169. The van der Waals surface area contributed by atoms with Gasteiger partial charge in [-0.3, -0.25) is 9.36 Å². The van der Waals surface area contributed by atoms with E-state index >= 15 is 0 Å². The minimum Gasteiger partial charge on any atom is -0.392 e. The van der Waals surface area contributed by atoms with E-state index in [1.807, 2.05) is 6.92 Å². The molecule has 2 N–H and O–H groups in total. The molecule has 7 nitrogen and oxygen atoms in total. The Morgan fingerprint density at radius 3 is 2.94 bits per heavy atom. The highest BCUT2D eigenvalue weighted by Crippen LogP contribution is 2.08. The first kappa shape index (κ1) is 11.6. The van der Waals surface area contributed by atoms with E-state index in [4.69, 9.17) is 17.3 Å². The largest absolute Gasteiger partial charge is 0.392 e. The topological polar surface area (TPSA) is 91.6 Å². The molecule has 0 aliphatic rings. The van der Waals surface area contributed by atoms with Gasteiger partial charge in [0.05, 0.1) is 12.9 Å². The molecule has 0 unspecified atom stereocenters. The number of hydrogen-bond acceptors (Lipinski definition) is 5. The van der Waals surface area contributed by atoms with E-state index in [0.29, 0.717) is 12.4 Å². The molecule has 0 atom stereocenters. The molecule has 0 aliphatic carbocycles. The second-order valence-electron chi connectivity index (χ2n) is 3.37. The molecule has 0 bridgehead atoms. The number of rotatable bonds is 3. The molecule has 0 fully saturated rings. The lowest BCUT2D eigenvalue weighted by Crippen LogP contribution is -2.25. The van der Waals surface area contributed by atoms with Gasteiger partial charge in [0.2, 0.25) is 0 Å². The molecule has 8 heteroatoms. The first-order chi connectivity index (χ1) is 8.13. The van der Waals surface area contributed by atoms with E-state index in [-0.39, 0.29) is 22.9 Å². The highest BCUT2D eigenvalue weighted by molar-refractivity contribution is 6.31. The standard InChI is InChI=1S/C9H11ClN6O/c1-2-16-6(12-4-14-16)3-15-5-13-8(10)7(11)9(15)17/h4-5H,2-3,11H2,1H3. The Kier molecular flexibility index (Phi) is 3.10. The molecule has 2 aromatic rings. The zero-order chi connectivity index (χ0) is 12.4. The van der Waals surface area contributed by atoms with Crippen LogP contribution in [0.15, 0.2) is 17.4 Å². The van der Waals surface area contributed by atoms with Crippen molar-refractivity contribution >= 4 is 17.3 Å². The Morgan fingerprint density at radius 2 is 2.24 bits per heavy atom. The van der Waals surface area contributed by atoms with Crippen molar-refractivity contribution in [3.8, 4) is 0 Å². The highest BCUT2D eigenvalue weighted by Gasteiger charge is 2.09. The number of nitrogen functional groups attached to an aromatic ring is 1. The minimum atomic E-state index is -0.379. The molecule has 0 spiro atoms. The van der Waals surface area contributed by atoms with Crippen molar-refractivity contribution < 1.29 is 0 Å². The number of hydrogen-bond donors (Lipinski definition) is 1. The Balaban J connectivity index is 2.37. The maximum atomic E-state index is 11.8. The fourth-order valence-electron chi connectivity index (χ4n) is 1.43. The van der Waals surface area contributed by atoms with Crippen LogP contribution in [0.5, 0.6) is 0 Å². The SMILES string of the molecule is CCn1ncnc1Cn1cnc(Cl)c(N)c1=O. The van der Waals surface area contributed by atoms with Crippen LogP contribution in [-0.4, -0.2) is 24.3 Å². The molecule has 0 saturated heterocycles. The van der Waals surface area contributed by atoms with Gasteiger partial charge in [-0.15, -0.1) is 0 Å². The zero-order valence-corrected chi connectivity index (χ0v) is 9.92. The van der Waals surface area contributed by atoms with E-state index in [0.717, 1.165) is 0 Å². The van der Waals surface area contributed by atoms with E-state index in [9.17, 15) is 4.79 Å². The lowest BCUT2D eigenvalue weighted by molar-refractivity contribution is 0.582. The second-order valence-corrected chi connectivity index (χ2v) is 3.73. The average molecular weight is 255 g/mol. The monoisotopic (exact) mass is 254 g/mol. The Morgan fingerprint density at radius 1 is 1.47 bits per heavy atom. The number of anilines is 1. The van der Waals surface area contributed by atoms with E-state index < -0.39 is 0 Å². The van der Waals surface area contributed by atoms with Gasteiger partial charge < -0.3 is 5.73 Å². The van der Waals surface area contributed by atoms with Crippen molar-refractivity contribution in [1.82, 2.24) is 24.3 Å². The summed E-state index contributed by atoms with van der Waals surface area (Å²) >= 11 is 5.64. The molecule has 2 rings (SSSR count). The van der Waals surface area contributed by atoms with Gasteiger partial charge in [0.1, 0.15) is 17.8 Å². The van der Waals surface area contributed by atoms with Crippen molar-refractivity contribution in [2.75, 3.05) is 5.73 Å². The van der Waals surface area contributed by atoms with Crippen LogP contribution in [-0.2, 0) is 13.1 Å². The Labute approximate surface area is 102 Å². The molecule has 2 heterocycles. The van der Waals surface area contributed by atoms with Crippen molar-refractivity contribution in [1.29, 1.82) is 0 Å². The molecule has 17 heavy (non-hydrogen) atoms. The second kappa shape index (κ2) is 4.54. The van der Waals surface area contributed by atoms with Crippen molar-refractivity contribution in [3.63, 3.8) is 0 Å². The van der Waals surface area contributed by atoms with Crippen LogP contribution in [0.2, 0.25) is 5.15 Å². The molecule has 0 radical (unpaired) electrons. The maximum absolute atomic E-state index is 11.8. The summed E-state index contributed by atoms with van der Waals surface area (Å²) < 4.78 is 3.04. The summed E-state index contributed by atoms with van der Waals surface area (Å²) in [6.45, 7) is 2.89. The lowest BCUT2D eigenvalue weighted by Gasteiger charge is -2.06. The van der Waals surface area contributed by atoms with Gasteiger partial charge in [0.25, 0.3) is 5.56 Å². The predicted molar refractivity (Wildman–Crippen MR) is 62.7 cm³/mol.